The number of hydrogen-bond acceptors (Lipinski definition) is 6. The lowest BCUT2D eigenvalue weighted by Crippen LogP contribution is -2.30. The Morgan fingerprint density at radius 1 is 1.20 bits per heavy atom. The Labute approximate surface area is 183 Å². The standard InChI is InChI=1S/C22H23N5OS2/c1-4-16(20-23-10-17(27-20)15-8-6-5-7-9-15)26-18(28)11-29-21-19-13(2)14(3)30-22(19)25-12-24-21/h5-10,12,16H,4,11H2,1-3H3,(H,23,27)(H,26,28)/t16-/m0/s1. The summed E-state index contributed by atoms with van der Waals surface area (Å²) in [6.45, 7) is 6.20. The van der Waals surface area contributed by atoms with Crippen LogP contribution in [-0.4, -0.2) is 31.6 Å². The molecule has 0 aliphatic carbocycles. The molecule has 30 heavy (non-hydrogen) atoms. The number of nitrogens with one attached hydrogen (secondary N) is 2. The summed E-state index contributed by atoms with van der Waals surface area (Å²) in [4.78, 5) is 31.5. The third kappa shape index (κ3) is 4.24. The van der Waals surface area contributed by atoms with E-state index in [1.54, 1.807) is 17.7 Å². The first kappa shape index (κ1) is 20.6. The number of hydrogen-bond donors (Lipinski definition) is 2. The van der Waals surface area contributed by atoms with Gasteiger partial charge in [-0.05, 0) is 31.4 Å². The van der Waals surface area contributed by atoms with Crippen molar-refractivity contribution in [1.29, 1.82) is 0 Å². The molecule has 3 heterocycles. The van der Waals surface area contributed by atoms with Gasteiger partial charge in [0, 0.05) is 10.3 Å². The van der Waals surface area contributed by atoms with Crippen LogP contribution in [-0.2, 0) is 4.79 Å². The molecule has 0 aliphatic heterocycles. The Morgan fingerprint density at radius 2 is 2.00 bits per heavy atom. The summed E-state index contributed by atoms with van der Waals surface area (Å²) in [7, 11) is 0. The van der Waals surface area contributed by atoms with Crippen LogP contribution in [0.25, 0.3) is 21.5 Å². The zero-order chi connectivity index (χ0) is 21.1. The second-order valence-corrected chi connectivity index (χ2v) is 9.17. The van der Waals surface area contributed by atoms with Gasteiger partial charge in [0.1, 0.15) is 22.0 Å². The quantitative estimate of drug-likeness (QED) is 0.312. The number of thioether (sulfide) groups is 1. The topological polar surface area (TPSA) is 83.6 Å². The Balaban J connectivity index is 1.43. The van der Waals surface area contributed by atoms with Crippen molar-refractivity contribution in [3.63, 3.8) is 0 Å². The van der Waals surface area contributed by atoms with E-state index in [0.29, 0.717) is 5.75 Å². The second kappa shape index (κ2) is 8.97. The van der Waals surface area contributed by atoms with E-state index in [1.165, 1.54) is 22.2 Å². The van der Waals surface area contributed by atoms with Gasteiger partial charge in [-0.2, -0.15) is 0 Å². The monoisotopic (exact) mass is 437 g/mol. The van der Waals surface area contributed by atoms with Gasteiger partial charge in [0.05, 0.1) is 23.7 Å². The lowest BCUT2D eigenvalue weighted by Gasteiger charge is -2.14. The predicted molar refractivity (Wildman–Crippen MR) is 123 cm³/mol. The number of aryl methyl sites for hydroxylation is 2. The molecule has 1 amide bonds. The fourth-order valence-corrected chi connectivity index (χ4v) is 5.20. The van der Waals surface area contributed by atoms with Crippen molar-refractivity contribution in [3.05, 3.63) is 59.1 Å². The van der Waals surface area contributed by atoms with E-state index in [0.717, 1.165) is 38.7 Å². The molecule has 4 aromatic rings. The van der Waals surface area contributed by atoms with Crippen molar-refractivity contribution in [1.82, 2.24) is 25.3 Å². The summed E-state index contributed by atoms with van der Waals surface area (Å²) in [6.07, 6.45) is 4.13. The minimum atomic E-state index is -0.161. The molecular formula is C22H23N5OS2. The van der Waals surface area contributed by atoms with E-state index >= 15 is 0 Å². The summed E-state index contributed by atoms with van der Waals surface area (Å²) in [5.41, 5.74) is 3.20. The molecule has 0 radical (unpaired) electrons. The molecule has 0 unspecified atom stereocenters. The number of thiophene rings is 1. The number of fused-ring (bicyclic) bond motifs is 1. The second-order valence-electron chi connectivity index (χ2n) is 7.01. The highest BCUT2D eigenvalue weighted by Crippen LogP contribution is 2.34. The Hall–Kier alpha value is -2.71. The first-order valence-corrected chi connectivity index (χ1v) is 11.6. The summed E-state index contributed by atoms with van der Waals surface area (Å²) >= 11 is 3.11. The molecule has 8 heteroatoms. The normalized spacial score (nSPS) is 12.2. The molecule has 0 spiro atoms. The highest BCUT2D eigenvalue weighted by Gasteiger charge is 2.18. The lowest BCUT2D eigenvalue weighted by molar-refractivity contribution is -0.119. The largest absolute Gasteiger partial charge is 0.345 e. The van der Waals surface area contributed by atoms with Gasteiger partial charge in [-0.15, -0.1) is 11.3 Å². The summed E-state index contributed by atoms with van der Waals surface area (Å²) in [5.74, 6) is 1.02. The summed E-state index contributed by atoms with van der Waals surface area (Å²) < 4.78 is 0. The van der Waals surface area contributed by atoms with Crippen LogP contribution < -0.4 is 5.32 Å². The maximum atomic E-state index is 12.6. The number of carbonyl (C=O) groups excluding carboxylic acids is 1. The van der Waals surface area contributed by atoms with E-state index in [-0.39, 0.29) is 11.9 Å². The molecular weight excluding hydrogens is 414 g/mol. The zero-order valence-corrected chi connectivity index (χ0v) is 18.7. The first-order chi connectivity index (χ1) is 14.6. The maximum absolute atomic E-state index is 12.6. The van der Waals surface area contributed by atoms with E-state index in [2.05, 4.69) is 39.1 Å². The highest BCUT2D eigenvalue weighted by molar-refractivity contribution is 8.00. The number of aromatic amines is 1. The van der Waals surface area contributed by atoms with Crippen LogP contribution in [0.5, 0.6) is 0 Å². The minimum absolute atomic E-state index is 0.0409. The van der Waals surface area contributed by atoms with Gasteiger partial charge in [-0.25, -0.2) is 15.0 Å². The van der Waals surface area contributed by atoms with Crippen LogP contribution in [0.3, 0.4) is 0 Å². The van der Waals surface area contributed by atoms with Crippen LogP contribution >= 0.6 is 23.1 Å². The molecule has 0 saturated carbocycles. The average molecular weight is 438 g/mol. The van der Waals surface area contributed by atoms with E-state index in [9.17, 15) is 4.79 Å². The van der Waals surface area contributed by atoms with Gasteiger partial charge in [-0.3, -0.25) is 4.79 Å². The molecule has 0 saturated heterocycles. The molecule has 0 bridgehead atoms. The fraction of sp³-hybridized carbons (Fsp3) is 0.273. The predicted octanol–water partition coefficient (Wildman–Crippen LogP) is 5.06. The maximum Gasteiger partial charge on any atom is 0.231 e. The summed E-state index contributed by atoms with van der Waals surface area (Å²) in [5, 5.41) is 5.01. The number of carbonyl (C=O) groups is 1. The molecule has 1 aromatic carbocycles. The van der Waals surface area contributed by atoms with Crippen molar-refractivity contribution >= 4 is 39.2 Å². The summed E-state index contributed by atoms with van der Waals surface area (Å²) in [6, 6.07) is 9.87. The van der Waals surface area contributed by atoms with Gasteiger partial charge >= 0.3 is 0 Å². The van der Waals surface area contributed by atoms with Crippen molar-refractivity contribution in [2.45, 2.75) is 38.3 Å². The van der Waals surface area contributed by atoms with Crippen LogP contribution in [0.15, 0.2) is 47.9 Å². The number of imidazole rings is 1. The number of nitrogens with zero attached hydrogens (tertiary/aromatic N) is 3. The van der Waals surface area contributed by atoms with E-state index < -0.39 is 0 Å². The number of H-pyrrole nitrogens is 1. The Kier molecular flexibility index (Phi) is 6.15. The average Bonchev–Trinajstić information content (AvgIpc) is 3.36. The number of benzene rings is 1. The van der Waals surface area contributed by atoms with Crippen LogP contribution in [0.1, 0.15) is 35.7 Å². The minimum Gasteiger partial charge on any atom is -0.345 e. The van der Waals surface area contributed by atoms with Crippen molar-refractivity contribution in [2.75, 3.05) is 5.75 Å². The SMILES string of the molecule is CC[C@H](NC(=O)CSc1ncnc2sc(C)c(C)c12)c1ncc(-c2ccccc2)[nH]1. The van der Waals surface area contributed by atoms with Crippen LogP contribution in [0, 0.1) is 13.8 Å². The van der Waals surface area contributed by atoms with Crippen LogP contribution in [0.4, 0.5) is 0 Å². The van der Waals surface area contributed by atoms with Gasteiger partial charge in [-0.1, -0.05) is 49.0 Å². The van der Waals surface area contributed by atoms with Crippen molar-refractivity contribution in [3.8, 4) is 11.3 Å². The third-order valence-corrected chi connectivity index (χ3v) is 7.13. The van der Waals surface area contributed by atoms with Crippen molar-refractivity contribution in [2.24, 2.45) is 0 Å². The van der Waals surface area contributed by atoms with Gasteiger partial charge in [0.2, 0.25) is 5.91 Å². The fourth-order valence-electron chi connectivity index (χ4n) is 3.27. The number of amides is 1. The first-order valence-electron chi connectivity index (χ1n) is 9.80. The molecule has 4 rings (SSSR count). The Morgan fingerprint density at radius 3 is 2.77 bits per heavy atom. The number of rotatable bonds is 7. The van der Waals surface area contributed by atoms with E-state index in [1.807, 2.05) is 43.5 Å². The third-order valence-electron chi connectivity index (χ3n) is 5.02. The molecule has 3 aromatic heterocycles. The van der Waals surface area contributed by atoms with Crippen molar-refractivity contribution < 1.29 is 4.79 Å². The molecule has 1 atom stereocenters. The molecule has 2 N–H and O–H groups in total. The highest BCUT2D eigenvalue weighted by atomic mass is 32.2. The molecule has 154 valence electrons. The molecule has 6 nitrogen and oxygen atoms in total. The van der Waals surface area contributed by atoms with Gasteiger partial charge in [0.25, 0.3) is 0 Å². The zero-order valence-electron chi connectivity index (χ0n) is 17.1. The number of aromatic nitrogens is 4. The molecule has 0 fully saturated rings. The Bertz CT molecular complexity index is 1170. The molecule has 0 aliphatic rings. The van der Waals surface area contributed by atoms with E-state index in [4.69, 9.17) is 0 Å². The van der Waals surface area contributed by atoms with Crippen LogP contribution in [0.2, 0.25) is 0 Å². The van der Waals surface area contributed by atoms with Gasteiger partial charge in [0.15, 0.2) is 0 Å². The lowest BCUT2D eigenvalue weighted by atomic mass is 10.2. The van der Waals surface area contributed by atoms with Gasteiger partial charge < -0.3 is 10.3 Å². The smallest absolute Gasteiger partial charge is 0.231 e.